The molecule has 0 unspecified atom stereocenters. The zero-order valence-corrected chi connectivity index (χ0v) is 16.6. The van der Waals surface area contributed by atoms with Crippen molar-refractivity contribution in [2.75, 3.05) is 4.90 Å². The Labute approximate surface area is 159 Å². The van der Waals surface area contributed by atoms with Crippen molar-refractivity contribution in [3.05, 3.63) is 53.6 Å². The molecule has 0 aromatic heterocycles. The molecule has 0 atom stereocenters. The minimum atomic E-state index is -0.707. The van der Waals surface area contributed by atoms with Gasteiger partial charge in [-0.3, -0.25) is 0 Å². The van der Waals surface area contributed by atoms with Gasteiger partial charge in [0.05, 0.1) is 0 Å². The number of hydrogen-bond acceptors (Lipinski definition) is 1. The van der Waals surface area contributed by atoms with Crippen LogP contribution in [0.5, 0.6) is 0 Å². The van der Waals surface area contributed by atoms with Crippen molar-refractivity contribution in [1.82, 2.24) is 0 Å². The first-order valence-corrected chi connectivity index (χ1v) is 9.08. The number of nitrogens with zero attached hydrogens (tertiary/aromatic N) is 1. The third-order valence-electron chi connectivity index (χ3n) is 4.26. The Balaban J connectivity index is 2.63. The molecule has 0 radical (unpaired) electrons. The van der Waals surface area contributed by atoms with Gasteiger partial charge in [-0.1, -0.05) is 0 Å². The molecule has 0 saturated carbocycles. The second-order valence-corrected chi connectivity index (χ2v) is 7.65. The van der Waals surface area contributed by atoms with Crippen molar-refractivity contribution in [1.29, 1.82) is 0 Å². The average molecular weight is 378 g/mol. The SMILES string of the molecule is CCCC(C)(C)C(=O)N(c1ccc(C)cc1)c1ccc(F)[c]([Ti])c1F. The first-order valence-electron chi connectivity index (χ1n) is 8.30. The van der Waals surface area contributed by atoms with Crippen LogP contribution in [-0.4, -0.2) is 5.91 Å². The van der Waals surface area contributed by atoms with E-state index in [1.807, 2.05) is 39.8 Å². The predicted molar refractivity (Wildman–Crippen MR) is 93.0 cm³/mol. The Morgan fingerprint density at radius 1 is 1.12 bits per heavy atom. The van der Waals surface area contributed by atoms with Gasteiger partial charge < -0.3 is 0 Å². The molecule has 0 aliphatic heterocycles. The van der Waals surface area contributed by atoms with Gasteiger partial charge in [-0.25, -0.2) is 0 Å². The van der Waals surface area contributed by atoms with Crippen LogP contribution in [0.4, 0.5) is 20.2 Å². The van der Waals surface area contributed by atoms with Gasteiger partial charge in [-0.15, -0.1) is 0 Å². The maximum absolute atomic E-state index is 14.8. The molecule has 0 aliphatic rings. The van der Waals surface area contributed by atoms with E-state index < -0.39 is 17.0 Å². The Hall–Kier alpha value is -1.52. The van der Waals surface area contributed by atoms with E-state index in [0.717, 1.165) is 12.0 Å². The molecule has 0 aliphatic carbocycles. The van der Waals surface area contributed by atoms with E-state index in [9.17, 15) is 13.6 Å². The van der Waals surface area contributed by atoms with Crippen molar-refractivity contribution in [2.24, 2.45) is 5.41 Å². The van der Waals surface area contributed by atoms with Gasteiger partial charge in [-0.2, -0.15) is 0 Å². The van der Waals surface area contributed by atoms with Gasteiger partial charge in [0, 0.05) is 0 Å². The van der Waals surface area contributed by atoms with Crippen LogP contribution in [0.1, 0.15) is 39.2 Å². The number of carbonyl (C=O) groups is 1. The van der Waals surface area contributed by atoms with E-state index in [-0.39, 0.29) is 15.5 Å². The summed E-state index contributed by atoms with van der Waals surface area (Å²) in [5, 5.41) is 0. The number of hydrogen-bond donors (Lipinski definition) is 0. The first kappa shape index (κ1) is 19.8. The second kappa shape index (κ2) is 7.80. The van der Waals surface area contributed by atoms with Gasteiger partial charge in [0.25, 0.3) is 0 Å². The van der Waals surface area contributed by atoms with Crippen LogP contribution < -0.4 is 8.77 Å². The summed E-state index contributed by atoms with van der Waals surface area (Å²) in [6, 6.07) is 9.85. The number of rotatable bonds is 5. The molecular weight excluding hydrogens is 356 g/mol. The van der Waals surface area contributed by atoms with E-state index in [1.165, 1.54) is 37.5 Å². The van der Waals surface area contributed by atoms with Crippen LogP contribution in [0.15, 0.2) is 36.4 Å². The number of carbonyl (C=O) groups excluding carboxylic acids is 1. The number of halogens is 2. The quantitative estimate of drug-likeness (QED) is 0.676. The Morgan fingerprint density at radius 3 is 2.28 bits per heavy atom. The Kier molecular flexibility index (Phi) is 6.18. The molecule has 2 aromatic rings. The summed E-state index contributed by atoms with van der Waals surface area (Å²) in [7, 11) is 0. The van der Waals surface area contributed by atoms with Crippen molar-refractivity contribution in [3.63, 3.8) is 0 Å². The Bertz CT molecular complexity index is 772. The molecule has 0 spiro atoms. The topological polar surface area (TPSA) is 20.3 Å². The summed E-state index contributed by atoms with van der Waals surface area (Å²) in [5.74, 6) is -1.53. The van der Waals surface area contributed by atoms with E-state index in [2.05, 4.69) is 0 Å². The first-order chi connectivity index (χ1) is 11.7. The maximum atomic E-state index is 14.8. The molecule has 2 nitrogen and oxygen atoms in total. The normalized spacial score (nSPS) is 11.4. The van der Waals surface area contributed by atoms with Crippen LogP contribution in [-0.2, 0) is 25.2 Å². The van der Waals surface area contributed by atoms with Gasteiger partial charge in [0.15, 0.2) is 0 Å². The standard InChI is InChI=1S/C20H22F2NO.Ti/c1-5-12-20(3,4)19(24)23(16-9-6-14(2)7-10-16)18-11-8-15(21)13-17(18)22;/h6-11H,5,12H2,1-4H3;. The van der Waals surface area contributed by atoms with E-state index in [1.54, 1.807) is 12.1 Å². The molecule has 0 heterocycles. The number of benzene rings is 2. The molecule has 5 heteroatoms. The van der Waals surface area contributed by atoms with Gasteiger partial charge >= 0.3 is 160 Å². The van der Waals surface area contributed by atoms with Crippen LogP contribution in [0, 0.1) is 24.0 Å². The molecule has 0 saturated heterocycles. The molecule has 0 fully saturated rings. The summed E-state index contributed by atoms with van der Waals surface area (Å²) < 4.78 is 28.4. The van der Waals surface area contributed by atoms with Crippen LogP contribution in [0.25, 0.3) is 0 Å². The molecule has 0 bridgehead atoms. The fraction of sp³-hybridized carbons (Fsp3) is 0.350. The Morgan fingerprint density at radius 2 is 1.72 bits per heavy atom. The van der Waals surface area contributed by atoms with Gasteiger partial charge in [0.2, 0.25) is 0 Å². The summed E-state index contributed by atoms with van der Waals surface area (Å²) in [6.07, 6.45) is 1.52. The number of anilines is 2. The fourth-order valence-corrected chi connectivity index (χ4v) is 3.14. The molecule has 25 heavy (non-hydrogen) atoms. The molecule has 2 aromatic carbocycles. The van der Waals surface area contributed by atoms with Crippen molar-refractivity contribution in [2.45, 2.75) is 40.5 Å². The zero-order chi connectivity index (χ0) is 18.8. The second-order valence-electron chi connectivity index (χ2n) is 6.87. The summed E-state index contributed by atoms with van der Waals surface area (Å²) >= 11 is 1.38. The molecular formula is C20H22F2NOTi. The fourth-order valence-electron chi connectivity index (χ4n) is 2.81. The monoisotopic (exact) mass is 378 g/mol. The third kappa shape index (κ3) is 4.18. The number of aryl methyl sites for hydroxylation is 1. The van der Waals surface area contributed by atoms with E-state index >= 15 is 0 Å². The van der Waals surface area contributed by atoms with Crippen LogP contribution in [0.2, 0.25) is 0 Å². The average Bonchev–Trinajstić information content (AvgIpc) is 2.56. The van der Waals surface area contributed by atoms with E-state index in [4.69, 9.17) is 0 Å². The molecule has 0 N–H and O–H groups in total. The van der Waals surface area contributed by atoms with Crippen LogP contribution >= 0.6 is 0 Å². The van der Waals surface area contributed by atoms with Gasteiger partial charge in [0.1, 0.15) is 0 Å². The van der Waals surface area contributed by atoms with Crippen molar-refractivity contribution >= 4 is 21.2 Å². The van der Waals surface area contributed by atoms with Crippen molar-refractivity contribution < 1.29 is 34.0 Å². The van der Waals surface area contributed by atoms with Gasteiger partial charge in [-0.05, 0) is 0 Å². The third-order valence-corrected chi connectivity index (χ3v) is 4.98. The molecule has 1 amide bonds. The van der Waals surface area contributed by atoms with Crippen molar-refractivity contribution in [3.8, 4) is 0 Å². The number of amides is 1. The summed E-state index contributed by atoms with van der Waals surface area (Å²) in [6.45, 7) is 7.66. The molecule has 131 valence electrons. The van der Waals surface area contributed by atoms with Crippen LogP contribution in [0.3, 0.4) is 0 Å². The minimum absolute atomic E-state index is 0.0805. The van der Waals surface area contributed by atoms with E-state index in [0.29, 0.717) is 12.1 Å². The predicted octanol–water partition coefficient (Wildman–Crippen LogP) is 4.94. The summed E-state index contributed by atoms with van der Waals surface area (Å²) in [5.41, 5.74) is 1.04. The molecule has 2 rings (SSSR count). The summed E-state index contributed by atoms with van der Waals surface area (Å²) in [4.78, 5) is 14.6. The zero-order valence-electron chi connectivity index (χ0n) is 15.0.